The van der Waals surface area contributed by atoms with Gasteiger partial charge in [-0.05, 0) is 32.0 Å². The average molecular weight is 265 g/mol. The molecule has 0 saturated heterocycles. The Bertz CT molecular complexity index is 402. The molecule has 106 valence electrons. The number of carboxylic acid groups (broad SMARTS) is 1. The fraction of sp³-hybridized carbons (Fsp3) is 0.533. The number of hydrogen-bond donors (Lipinski definition) is 1. The van der Waals surface area contributed by atoms with Crippen molar-refractivity contribution in [3.05, 3.63) is 29.8 Å². The average Bonchev–Trinajstić information content (AvgIpc) is 2.40. The van der Waals surface area contributed by atoms with Crippen molar-refractivity contribution in [1.29, 1.82) is 0 Å². The topological polar surface area (TPSA) is 49.8 Å². The smallest absolute Gasteiger partial charge is 0.339 e. The summed E-state index contributed by atoms with van der Waals surface area (Å²) in [5.41, 5.74) is 0.215. The molecule has 1 aromatic carbocycles. The molecule has 4 heteroatoms. The third kappa shape index (κ3) is 4.56. The van der Waals surface area contributed by atoms with E-state index in [-0.39, 0.29) is 5.56 Å². The van der Waals surface area contributed by atoms with Crippen LogP contribution < -0.4 is 4.74 Å². The first-order chi connectivity index (χ1) is 9.10. The molecule has 0 bridgehead atoms. The zero-order chi connectivity index (χ0) is 14.3. The number of nitrogens with zero attached hydrogens (tertiary/aromatic N) is 1. The number of aromatic carboxylic acids is 1. The van der Waals surface area contributed by atoms with Gasteiger partial charge in [0, 0.05) is 12.6 Å². The van der Waals surface area contributed by atoms with Crippen LogP contribution in [0.5, 0.6) is 5.75 Å². The molecule has 1 rings (SSSR count). The molecule has 0 amide bonds. The number of hydrogen-bond acceptors (Lipinski definition) is 3. The molecule has 4 nitrogen and oxygen atoms in total. The fourth-order valence-electron chi connectivity index (χ4n) is 2.16. The normalized spacial score (nSPS) is 11.0. The van der Waals surface area contributed by atoms with Crippen molar-refractivity contribution in [2.45, 2.75) is 32.7 Å². The van der Waals surface area contributed by atoms with Crippen LogP contribution in [0.2, 0.25) is 0 Å². The highest BCUT2D eigenvalue weighted by atomic mass is 16.5. The largest absolute Gasteiger partial charge is 0.491 e. The zero-order valence-corrected chi connectivity index (χ0v) is 11.9. The molecule has 0 fully saturated rings. The van der Waals surface area contributed by atoms with Crippen molar-refractivity contribution in [2.75, 3.05) is 20.2 Å². The first-order valence-electron chi connectivity index (χ1n) is 6.75. The van der Waals surface area contributed by atoms with Crippen molar-refractivity contribution < 1.29 is 14.6 Å². The van der Waals surface area contributed by atoms with Crippen LogP contribution in [-0.2, 0) is 0 Å². The maximum absolute atomic E-state index is 11.0. The van der Waals surface area contributed by atoms with Crippen LogP contribution in [0, 0.1) is 0 Å². The summed E-state index contributed by atoms with van der Waals surface area (Å²) in [6, 6.07) is 7.29. The minimum atomic E-state index is -0.955. The Balaban J connectivity index is 2.52. The van der Waals surface area contributed by atoms with Gasteiger partial charge in [-0.1, -0.05) is 26.0 Å². The quantitative estimate of drug-likeness (QED) is 0.785. The summed E-state index contributed by atoms with van der Waals surface area (Å²) < 4.78 is 5.59. The van der Waals surface area contributed by atoms with E-state index in [2.05, 4.69) is 25.8 Å². The maximum Gasteiger partial charge on any atom is 0.339 e. The summed E-state index contributed by atoms with van der Waals surface area (Å²) in [5, 5.41) is 9.05. The van der Waals surface area contributed by atoms with E-state index in [0.29, 0.717) is 18.4 Å². The standard InChI is InChI=1S/C15H23NO3/c1-4-12(5-2)16(3)10-11-19-14-9-7-6-8-13(14)15(17)18/h6-9,12H,4-5,10-11H2,1-3H3,(H,17,18). The molecule has 0 heterocycles. The second-order valence-electron chi connectivity index (χ2n) is 4.60. The molecule has 1 N–H and O–H groups in total. The first kappa shape index (κ1) is 15.5. The lowest BCUT2D eigenvalue weighted by Crippen LogP contribution is -2.34. The van der Waals surface area contributed by atoms with Gasteiger partial charge in [0.25, 0.3) is 0 Å². The molecule has 0 saturated carbocycles. The second kappa shape index (κ2) is 7.79. The van der Waals surface area contributed by atoms with Gasteiger partial charge in [0.1, 0.15) is 17.9 Å². The van der Waals surface area contributed by atoms with Gasteiger partial charge in [-0.3, -0.25) is 0 Å². The van der Waals surface area contributed by atoms with E-state index >= 15 is 0 Å². The second-order valence-corrected chi connectivity index (χ2v) is 4.60. The number of para-hydroxylation sites is 1. The van der Waals surface area contributed by atoms with Crippen molar-refractivity contribution in [2.24, 2.45) is 0 Å². The van der Waals surface area contributed by atoms with Crippen LogP contribution in [0.3, 0.4) is 0 Å². The summed E-state index contributed by atoms with van der Waals surface area (Å²) in [7, 11) is 2.07. The monoisotopic (exact) mass is 265 g/mol. The number of carboxylic acids is 1. The van der Waals surface area contributed by atoms with Crippen LogP contribution in [-0.4, -0.2) is 42.2 Å². The van der Waals surface area contributed by atoms with Gasteiger partial charge in [0.15, 0.2) is 0 Å². The van der Waals surface area contributed by atoms with Gasteiger partial charge >= 0.3 is 5.97 Å². The molecule has 0 unspecified atom stereocenters. The maximum atomic E-state index is 11.0. The van der Waals surface area contributed by atoms with Crippen molar-refractivity contribution in [1.82, 2.24) is 4.90 Å². The molecule has 19 heavy (non-hydrogen) atoms. The number of likely N-dealkylation sites (N-methyl/N-ethyl adjacent to an activating group) is 1. The van der Waals surface area contributed by atoms with Crippen molar-refractivity contribution in [3.63, 3.8) is 0 Å². The van der Waals surface area contributed by atoms with Gasteiger partial charge in [-0.15, -0.1) is 0 Å². The summed E-state index contributed by atoms with van der Waals surface area (Å²) >= 11 is 0. The predicted molar refractivity (Wildman–Crippen MR) is 75.9 cm³/mol. The van der Waals surface area contributed by atoms with Crippen LogP contribution in [0.1, 0.15) is 37.0 Å². The van der Waals surface area contributed by atoms with E-state index in [9.17, 15) is 4.79 Å². The predicted octanol–water partition coefficient (Wildman–Crippen LogP) is 2.88. The van der Waals surface area contributed by atoms with Crippen LogP contribution in [0.15, 0.2) is 24.3 Å². The van der Waals surface area contributed by atoms with E-state index in [1.54, 1.807) is 24.3 Å². The Morgan fingerprint density at radius 2 is 1.95 bits per heavy atom. The minimum absolute atomic E-state index is 0.215. The molecule has 0 aliphatic heterocycles. The van der Waals surface area contributed by atoms with E-state index in [4.69, 9.17) is 9.84 Å². The number of carbonyl (C=O) groups is 1. The van der Waals surface area contributed by atoms with Crippen LogP contribution >= 0.6 is 0 Å². The number of ether oxygens (including phenoxy) is 1. The lowest BCUT2D eigenvalue weighted by atomic mass is 10.1. The number of rotatable bonds is 8. The molecular weight excluding hydrogens is 242 g/mol. The molecule has 0 spiro atoms. The summed E-state index contributed by atoms with van der Waals surface area (Å²) in [4.78, 5) is 13.3. The summed E-state index contributed by atoms with van der Waals surface area (Å²) in [6.45, 7) is 5.63. The van der Waals surface area contributed by atoms with Gasteiger partial charge < -0.3 is 14.7 Å². The fourth-order valence-corrected chi connectivity index (χ4v) is 2.16. The first-order valence-corrected chi connectivity index (χ1v) is 6.75. The molecule has 1 aromatic rings. The summed E-state index contributed by atoms with van der Waals surface area (Å²) in [6.07, 6.45) is 2.22. The zero-order valence-electron chi connectivity index (χ0n) is 11.9. The minimum Gasteiger partial charge on any atom is -0.491 e. The Morgan fingerprint density at radius 1 is 1.32 bits per heavy atom. The van der Waals surface area contributed by atoms with Crippen LogP contribution in [0.4, 0.5) is 0 Å². The lowest BCUT2D eigenvalue weighted by Gasteiger charge is -2.25. The molecule has 0 aromatic heterocycles. The summed E-state index contributed by atoms with van der Waals surface area (Å²) in [5.74, 6) is -0.517. The van der Waals surface area contributed by atoms with Gasteiger partial charge in [0.05, 0.1) is 0 Å². The Labute approximate surface area is 115 Å². The van der Waals surface area contributed by atoms with Crippen molar-refractivity contribution in [3.8, 4) is 5.75 Å². The van der Waals surface area contributed by atoms with Gasteiger partial charge in [-0.25, -0.2) is 4.79 Å². The van der Waals surface area contributed by atoms with E-state index in [1.165, 1.54) is 0 Å². The Hall–Kier alpha value is -1.55. The molecule has 0 aliphatic rings. The molecular formula is C15H23NO3. The van der Waals surface area contributed by atoms with E-state index in [1.807, 2.05) is 0 Å². The Kier molecular flexibility index (Phi) is 6.36. The third-order valence-corrected chi connectivity index (χ3v) is 3.38. The van der Waals surface area contributed by atoms with E-state index < -0.39 is 5.97 Å². The van der Waals surface area contributed by atoms with Gasteiger partial charge in [0.2, 0.25) is 0 Å². The number of benzene rings is 1. The van der Waals surface area contributed by atoms with Crippen molar-refractivity contribution >= 4 is 5.97 Å². The highest BCUT2D eigenvalue weighted by Crippen LogP contribution is 2.17. The van der Waals surface area contributed by atoms with Crippen LogP contribution in [0.25, 0.3) is 0 Å². The van der Waals surface area contributed by atoms with E-state index in [0.717, 1.165) is 19.4 Å². The lowest BCUT2D eigenvalue weighted by molar-refractivity contribution is 0.0691. The highest BCUT2D eigenvalue weighted by molar-refractivity contribution is 5.90. The SMILES string of the molecule is CCC(CC)N(C)CCOc1ccccc1C(=O)O. The molecule has 0 atom stereocenters. The highest BCUT2D eigenvalue weighted by Gasteiger charge is 2.12. The Morgan fingerprint density at radius 3 is 2.53 bits per heavy atom. The third-order valence-electron chi connectivity index (χ3n) is 3.38. The van der Waals surface area contributed by atoms with Gasteiger partial charge in [-0.2, -0.15) is 0 Å². The molecule has 0 radical (unpaired) electrons. The molecule has 0 aliphatic carbocycles.